The highest BCUT2D eigenvalue weighted by atomic mass is 19.1. The Morgan fingerprint density at radius 1 is 1.29 bits per heavy atom. The molecule has 0 aliphatic rings. The summed E-state index contributed by atoms with van der Waals surface area (Å²) in [4.78, 5) is 19.6. The van der Waals surface area contributed by atoms with Gasteiger partial charge in [-0.05, 0) is 38.0 Å². The first-order valence-corrected chi connectivity index (χ1v) is 9.81. The fraction of sp³-hybridized carbons (Fsp3) is 0.318. The second kappa shape index (κ2) is 9.46. The number of carbonyl (C=O) groups is 1. The molecule has 2 aromatic carbocycles. The number of rotatable bonds is 9. The lowest BCUT2D eigenvalue weighted by atomic mass is 10.1. The van der Waals surface area contributed by atoms with Gasteiger partial charge in [-0.15, -0.1) is 0 Å². The van der Waals surface area contributed by atoms with Crippen LogP contribution in [0.1, 0.15) is 25.3 Å². The van der Waals surface area contributed by atoms with E-state index in [1.807, 2.05) is 0 Å². The molecule has 4 N–H and O–H groups in total. The van der Waals surface area contributed by atoms with E-state index in [0.717, 1.165) is 0 Å². The lowest BCUT2D eigenvalue weighted by molar-refractivity contribution is -0.121. The number of nitrogens with zero attached hydrogens (tertiary/aromatic N) is 2. The molecule has 31 heavy (non-hydrogen) atoms. The topological polar surface area (TPSA) is 120 Å². The van der Waals surface area contributed by atoms with Crippen LogP contribution in [-0.2, 0) is 4.79 Å². The number of phenolic OH excluding ortho intramolecular Hbond substituents is 1. The number of halogens is 1. The van der Waals surface area contributed by atoms with E-state index < -0.39 is 5.82 Å². The van der Waals surface area contributed by atoms with Crippen molar-refractivity contribution in [2.75, 3.05) is 19.0 Å². The average Bonchev–Trinajstić information content (AvgIpc) is 2.76. The first-order valence-electron chi connectivity index (χ1n) is 9.81. The van der Waals surface area contributed by atoms with Crippen molar-refractivity contribution in [1.82, 2.24) is 9.97 Å². The van der Waals surface area contributed by atoms with Gasteiger partial charge >= 0.3 is 0 Å². The lowest BCUT2D eigenvalue weighted by Crippen LogP contribution is -2.20. The van der Waals surface area contributed by atoms with Crippen LogP contribution in [-0.4, -0.2) is 34.7 Å². The van der Waals surface area contributed by atoms with Crippen molar-refractivity contribution in [3.8, 4) is 17.2 Å². The summed E-state index contributed by atoms with van der Waals surface area (Å²) in [7, 11) is 1.51. The molecule has 164 valence electrons. The van der Waals surface area contributed by atoms with Crippen molar-refractivity contribution >= 4 is 28.3 Å². The Hall–Kier alpha value is -3.62. The van der Waals surface area contributed by atoms with E-state index in [0.29, 0.717) is 53.2 Å². The highest BCUT2D eigenvalue weighted by Crippen LogP contribution is 2.36. The molecule has 0 saturated heterocycles. The number of aromatic hydroxyl groups is 1. The van der Waals surface area contributed by atoms with Gasteiger partial charge in [-0.25, -0.2) is 14.4 Å². The van der Waals surface area contributed by atoms with Crippen LogP contribution in [0.4, 0.5) is 15.9 Å². The van der Waals surface area contributed by atoms with E-state index in [2.05, 4.69) is 15.3 Å². The van der Waals surface area contributed by atoms with Crippen molar-refractivity contribution in [3.05, 3.63) is 42.0 Å². The number of fused-ring (bicyclic) bond motifs is 1. The number of primary amides is 1. The van der Waals surface area contributed by atoms with Crippen LogP contribution in [0.25, 0.3) is 10.9 Å². The van der Waals surface area contributed by atoms with Gasteiger partial charge in [-0.3, -0.25) is 4.79 Å². The van der Waals surface area contributed by atoms with E-state index in [1.165, 1.54) is 25.6 Å². The summed E-state index contributed by atoms with van der Waals surface area (Å²) >= 11 is 0. The van der Waals surface area contributed by atoms with Gasteiger partial charge in [0.05, 0.1) is 24.9 Å². The summed E-state index contributed by atoms with van der Waals surface area (Å²) in [5.41, 5.74) is 6.34. The molecule has 1 unspecified atom stereocenters. The third-order valence-electron chi connectivity index (χ3n) is 5.07. The molecule has 0 aliphatic heterocycles. The van der Waals surface area contributed by atoms with Crippen LogP contribution in [0.2, 0.25) is 0 Å². The molecule has 1 aromatic heterocycles. The van der Waals surface area contributed by atoms with E-state index >= 15 is 0 Å². The minimum Gasteiger partial charge on any atom is -0.508 e. The standard InChI is InChI=1S/C22H25FN4O4/c1-12(21(24)29)5-4-8-31-19-10-16-14(9-18(19)30-3)22(26-11-25-16)27-20-13(2)17(28)7-6-15(20)23/h6-7,9-12,28H,4-5,8H2,1-3H3,(H2,24,29)(H,25,26,27). The fourth-order valence-electron chi connectivity index (χ4n) is 3.09. The zero-order chi connectivity index (χ0) is 22.5. The molecule has 3 rings (SSSR count). The minimum atomic E-state index is -0.515. The Balaban J connectivity index is 1.87. The van der Waals surface area contributed by atoms with Crippen LogP contribution in [0.3, 0.4) is 0 Å². The molecule has 0 saturated carbocycles. The number of nitrogens with one attached hydrogen (secondary N) is 1. The number of hydrogen-bond acceptors (Lipinski definition) is 7. The molecule has 0 radical (unpaired) electrons. The van der Waals surface area contributed by atoms with Crippen LogP contribution >= 0.6 is 0 Å². The number of ether oxygens (including phenoxy) is 2. The minimum absolute atomic E-state index is 0.0267. The van der Waals surface area contributed by atoms with Crippen molar-refractivity contribution in [3.63, 3.8) is 0 Å². The highest BCUT2D eigenvalue weighted by Gasteiger charge is 2.16. The Labute approximate surface area is 179 Å². The number of nitrogens with two attached hydrogens (primary N) is 1. The van der Waals surface area contributed by atoms with Gasteiger partial charge < -0.3 is 25.6 Å². The molecular formula is C22H25FN4O4. The second-order valence-electron chi connectivity index (χ2n) is 7.23. The smallest absolute Gasteiger partial charge is 0.220 e. The predicted molar refractivity (Wildman–Crippen MR) is 115 cm³/mol. The first kappa shape index (κ1) is 22.1. The molecule has 1 heterocycles. The summed E-state index contributed by atoms with van der Waals surface area (Å²) in [5.74, 6) is 0.216. The number of phenols is 1. The van der Waals surface area contributed by atoms with Gasteiger partial charge in [0.25, 0.3) is 0 Å². The monoisotopic (exact) mass is 428 g/mol. The molecule has 1 atom stereocenters. The summed E-state index contributed by atoms with van der Waals surface area (Å²) in [6, 6.07) is 5.89. The summed E-state index contributed by atoms with van der Waals surface area (Å²) in [6.07, 6.45) is 2.62. The number of anilines is 2. The fourth-order valence-corrected chi connectivity index (χ4v) is 3.09. The van der Waals surface area contributed by atoms with Crippen LogP contribution in [0.15, 0.2) is 30.6 Å². The van der Waals surface area contributed by atoms with E-state index in [1.54, 1.807) is 26.0 Å². The van der Waals surface area contributed by atoms with Gasteiger partial charge in [0.1, 0.15) is 23.7 Å². The van der Waals surface area contributed by atoms with Gasteiger partial charge in [-0.2, -0.15) is 0 Å². The van der Waals surface area contributed by atoms with Gasteiger partial charge in [0.15, 0.2) is 11.5 Å². The Morgan fingerprint density at radius 3 is 2.77 bits per heavy atom. The largest absolute Gasteiger partial charge is 0.508 e. The molecule has 8 nitrogen and oxygen atoms in total. The quantitative estimate of drug-likeness (QED) is 0.443. The SMILES string of the molecule is COc1cc2c(Nc3c(F)ccc(O)c3C)ncnc2cc1OCCCC(C)C(N)=O. The van der Waals surface area contributed by atoms with Gasteiger partial charge in [-0.1, -0.05) is 6.92 Å². The molecule has 9 heteroatoms. The molecule has 1 amide bonds. The van der Waals surface area contributed by atoms with Crippen LogP contribution in [0.5, 0.6) is 17.2 Å². The summed E-state index contributed by atoms with van der Waals surface area (Å²) in [5, 5.41) is 13.4. The first-order chi connectivity index (χ1) is 14.8. The number of methoxy groups -OCH3 is 1. The van der Waals surface area contributed by atoms with Gasteiger partial charge in [0, 0.05) is 22.9 Å². The normalized spacial score (nSPS) is 11.9. The Morgan fingerprint density at radius 2 is 2.06 bits per heavy atom. The number of carbonyl (C=O) groups excluding carboxylic acids is 1. The molecule has 0 aliphatic carbocycles. The molecule has 0 fully saturated rings. The van der Waals surface area contributed by atoms with E-state index in [9.17, 15) is 14.3 Å². The Bertz CT molecular complexity index is 1110. The van der Waals surface area contributed by atoms with Crippen LogP contribution in [0, 0.1) is 18.7 Å². The zero-order valence-corrected chi connectivity index (χ0v) is 17.6. The highest BCUT2D eigenvalue weighted by molar-refractivity contribution is 5.93. The van der Waals surface area contributed by atoms with Crippen molar-refractivity contribution in [2.45, 2.75) is 26.7 Å². The van der Waals surface area contributed by atoms with Crippen molar-refractivity contribution < 1.29 is 23.8 Å². The number of hydrogen-bond donors (Lipinski definition) is 3. The predicted octanol–water partition coefficient (Wildman–Crippen LogP) is 3.82. The maximum atomic E-state index is 14.3. The van der Waals surface area contributed by atoms with E-state index in [4.69, 9.17) is 15.2 Å². The maximum absolute atomic E-state index is 14.3. The Kier molecular flexibility index (Phi) is 6.74. The summed E-state index contributed by atoms with van der Waals surface area (Å²) in [6.45, 7) is 3.76. The van der Waals surface area contributed by atoms with Crippen molar-refractivity contribution in [2.24, 2.45) is 11.7 Å². The van der Waals surface area contributed by atoms with Gasteiger partial charge in [0.2, 0.25) is 5.91 Å². The maximum Gasteiger partial charge on any atom is 0.220 e. The molecular weight excluding hydrogens is 403 g/mol. The van der Waals surface area contributed by atoms with Crippen LogP contribution < -0.4 is 20.5 Å². The summed E-state index contributed by atoms with van der Waals surface area (Å²) < 4.78 is 25.6. The lowest BCUT2D eigenvalue weighted by Gasteiger charge is -2.15. The molecule has 3 aromatic rings. The molecule has 0 spiro atoms. The van der Waals surface area contributed by atoms with Crippen molar-refractivity contribution in [1.29, 1.82) is 0 Å². The number of aromatic nitrogens is 2. The number of amides is 1. The molecule has 0 bridgehead atoms. The number of benzene rings is 2. The average molecular weight is 428 g/mol. The third kappa shape index (κ3) is 4.93. The second-order valence-corrected chi connectivity index (χ2v) is 7.23. The zero-order valence-electron chi connectivity index (χ0n) is 17.6. The third-order valence-corrected chi connectivity index (χ3v) is 5.07. The van der Waals surface area contributed by atoms with E-state index in [-0.39, 0.29) is 23.3 Å².